The summed E-state index contributed by atoms with van der Waals surface area (Å²) in [6.07, 6.45) is 7.01. The van der Waals surface area contributed by atoms with Crippen LogP contribution < -0.4 is 5.32 Å². The van der Waals surface area contributed by atoms with Crippen LogP contribution in [0.15, 0.2) is 35.1 Å². The Morgan fingerprint density at radius 1 is 1.13 bits per heavy atom. The average Bonchev–Trinajstić information content (AvgIpc) is 2.53. The van der Waals surface area contributed by atoms with E-state index in [0.29, 0.717) is 18.5 Å². The summed E-state index contributed by atoms with van der Waals surface area (Å²) in [5.41, 5.74) is 0.614. The van der Waals surface area contributed by atoms with Crippen molar-refractivity contribution in [3.8, 4) is 0 Å². The van der Waals surface area contributed by atoms with Crippen molar-refractivity contribution in [2.45, 2.75) is 32.1 Å². The van der Waals surface area contributed by atoms with E-state index in [1.165, 1.54) is 0 Å². The molecule has 0 aliphatic carbocycles. The Morgan fingerprint density at radius 3 is 2.70 bits per heavy atom. The van der Waals surface area contributed by atoms with Crippen LogP contribution in [0.25, 0.3) is 10.8 Å². The minimum absolute atomic E-state index is 0.0996. The Morgan fingerprint density at radius 2 is 1.91 bits per heavy atom. The van der Waals surface area contributed by atoms with Crippen LogP contribution in [0.2, 0.25) is 0 Å². The molecule has 1 aromatic heterocycles. The molecule has 0 fully saturated rings. The number of rotatable bonds is 8. The number of amides is 1. The lowest BCUT2D eigenvalue weighted by molar-refractivity contribution is -0.137. The number of hydrogen-bond donors (Lipinski definition) is 2. The van der Waals surface area contributed by atoms with E-state index in [-0.39, 0.29) is 12.3 Å². The van der Waals surface area contributed by atoms with E-state index in [1.807, 2.05) is 12.1 Å². The number of carboxylic acids is 1. The Bertz CT molecular complexity index is 703. The second kappa shape index (κ2) is 8.62. The normalized spacial score (nSPS) is 10.7. The molecular formula is C17H19BrN2O3. The molecule has 0 unspecified atom stereocenters. The molecule has 5 nitrogen and oxygen atoms in total. The maximum absolute atomic E-state index is 12.1. The summed E-state index contributed by atoms with van der Waals surface area (Å²) in [4.78, 5) is 26.6. The lowest BCUT2D eigenvalue weighted by Gasteiger charge is -2.07. The van der Waals surface area contributed by atoms with E-state index in [4.69, 9.17) is 5.11 Å². The molecule has 1 aromatic carbocycles. The molecule has 1 amide bonds. The third-order valence-electron chi connectivity index (χ3n) is 3.58. The van der Waals surface area contributed by atoms with Gasteiger partial charge >= 0.3 is 5.97 Å². The highest BCUT2D eigenvalue weighted by Gasteiger charge is 2.07. The molecule has 2 rings (SSSR count). The number of nitrogens with one attached hydrogen (secondary N) is 1. The largest absolute Gasteiger partial charge is 0.481 e. The summed E-state index contributed by atoms with van der Waals surface area (Å²) in [7, 11) is 0. The third-order valence-corrected chi connectivity index (χ3v) is 4.21. The van der Waals surface area contributed by atoms with Gasteiger partial charge in [0.1, 0.15) is 0 Å². The molecule has 0 spiro atoms. The van der Waals surface area contributed by atoms with Crippen LogP contribution in [0.4, 0.5) is 0 Å². The number of fused-ring (bicyclic) bond motifs is 1. The first kappa shape index (κ1) is 17.4. The molecule has 2 N–H and O–H groups in total. The lowest BCUT2D eigenvalue weighted by Crippen LogP contribution is -2.24. The molecule has 6 heteroatoms. The molecule has 122 valence electrons. The molecule has 0 radical (unpaired) electrons. The van der Waals surface area contributed by atoms with Gasteiger partial charge in [-0.25, -0.2) is 0 Å². The number of benzene rings is 1. The smallest absolute Gasteiger partial charge is 0.303 e. The number of nitrogens with zero attached hydrogens (tertiary/aromatic N) is 1. The number of halogens is 1. The SMILES string of the molecule is O=C(O)CCCCCCNC(=O)c1ccc2c(Br)cncc2c1. The van der Waals surface area contributed by atoms with Crippen molar-refractivity contribution in [3.05, 3.63) is 40.6 Å². The van der Waals surface area contributed by atoms with Crippen LogP contribution in [0.3, 0.4) is 0 Å². The van der Waals surface area contributed by atoms with Gasteiger partial charge in [0.05, 0.1) is 0 Å². The van der Waals surface area contributed by atoms with Crippen molar-refractivity contribution >= 4 is 38.6 Å². The molecule has 2 aromatic rings. The van der Waals surface area contributed by atoms with Gasteiger partial charge in [-0.3, -0.25) is 14.6 Å². The number of carbonyl (C=O) groups is 2. The lowest BCUT2D eigenvalue weighted by atomic mass is 10.1. The van der Waals surface area contributed by atoms with E-state index >= 15 is 0 Å². The summed E-state index contributed by atoms with van der Waals surface area (Å²) in [6, 6.07) is 5.53. The highest BCUT2D eigenvalue weighted by molar-refractivity contribution is 9.10. The molecule has 0 aliphatic heterocycles. The number of carbonyl (C=O) groups excluding carboxylic acids is 1. The quantitative estimate of drug-likeness (QED) is 0.685. The standard InChI is InChI=1S/C17H19BrN2O3/c18-15-11-19-10-13-9-12(6-7-14(13)15)17(23)20-8-4-2-1-3-5-16(21)22/h6-7,9-11H,1-5,8H2,(H,20,23)(H,21,22). The zero-order valence-corrected chi connectivity index (χ0v) is 14.3. The van der Waals surface area contributed by atoms with Crippen LogP contribution in [-0.2, 0) is 4.79 Å². The molecule has 23 heavy (non-hydrogen) atoms. The fourth-order valence-electron chi connectivity index (χ4n) is 2.34. The number of carboxylic acid groups (broad SMARTS) is 1. The van der Waals surface area contributed by atoms with Gasteiger partial charge in [-0.15, -0.1) is 0 Å². The van der Waals surface area contributed by atoms with Crippen molar-refractivity contribution < 1.29 is 14.7 Å². The maximum Gasteiger partial charge on any atom is 0.303 e. The molecule has 0 bridgehead atoms. The van der Waals surface area contributed by atoms with Crippen molar-refractivity contribution in [3.63, 3.8) is 0 Å². The first-order valence-electron chi connectivity index (χ1n) is 7.61. The predicted octanol–water partition coefficient (Wildman–Crippen LogP) is 3.76. The Labute approximate surface area is 143 Å². The van der Waals surface area contributed by atoms with E-state index < -0.39 is 5.97 Å². The van der Waals surface area contributed by atoms with Gasteiger partial charge in [0.15, 0.2) is 0 Å². The van der Waals surface area contributed by atoms with Crippen LogP contribution in [0, 0.1) is 0 Å². The monoisotopic (exact) mass is 378 g/mol. The topological polar surface area (TPSA) is 79.3 Å². The molecule has 0 atom stereocenters. The van der Waals surface area contributed by atoms with Crippen LogP contribution in [-0.4, -0.2) is 28.5 Å². The second-order valence-electron chi connectivity index (χ2n) is 5.37. The highest BCUT2D eigenvalue weighted by Crippen LogP contribution is 2.23. The summed E-state index contributed by atoms with van der Waals surface area (Å²) >= 11 is 3.44. The first-order chi connectivity index (χ1) is 11.1. The number of aliphatic carboxylic acids is 1. The van der Waals surface area contributed by atoms with E-state index in [0.717, 1.165) is 34.5 Å². The van der Waals surface area contributed by atoms with Gasteiger partial charge in [-0.1, -0.05) is 18.9 Å². The van der Waals surface area contributed by atoms with Gasteiger partial charge in [0.25, 0.3) is 5.91 Å². The first-order valence-corrected chi connectivity index (χ1v) is 8.40. The number of aromatic nitrogens is 1. The number of unbranched alkanes of at least 4 members (excludes halogenated alkanes) is 3. The summed E-state index contributed by atoms with van der Waals surface area (Å²) in [5.74, 6) is -0.854. The van der Waals surface area contributed by atoms with Crippen molar-refractivity contribution in [1.29, 1.82) is 0 Å². The minimum Gasteiger partial charge on any atom is -0.481 e. The van der Waals surface area contributed by atoms with Gasteiger partial charge in [-0.05, 0) is 46.3 Å². The Balaban J connectivity index is 1.79. The molecule has 1 heterocycles. The zero-order chi connectivity index (χ0) is 16.7. The molecule has 0 aliphatic rings. The van der Waals surface area contributed by atoms with Crippen LogP contribution in [0.5, 0.6) is 0 Å². The van der Waals surface area contributed by atoms with Gasteiger partial charge in [0, 0.05) is 40.8 Å². The summed E-state index contributed by atoms with van der Waals surface area (Å²) in [5, 5.41) is 13.4. The summed E-state index contributed by atoms with van der Waals surface area (Å²) in [6.45, 7) is 0.598. The molecule has 0 saturated carbocycles. The Hall–Kier alpha value is -1.95. The van der Waals surface area contributed by atoms with Crippen LogP contribution in [0.1, 0.15) is 42.5 Å². The molecule has 0 saturated heterocycles. The highest BCUT2D eigenvalue weighted by atomic mass is 79.9. The fourth-order valence-corrected chi connectivity index (χ4v) is 2.82. The van der Waals surface area contributed by atoms with Crippen molar-refractivity contribution in [2.24, 2.45) is 0 Å². The van der Waals surface area contributed by atoms with Gasteiger partial charge < -0.3 is 10.4 Å². The van der Waals surface area contributed by atoms with E-state index in [2.05, 4.69) is 26.2 Å². The maximum atomic E-state index is 12.1. The third kappa shape index (κ3) is 5.32. The minimum atomic E-state index is -0.754. The second-order valence-corrected chi connectivity index (χ2v) is 6.23. The Kier molecular flexibility index (Phi) is 6.52. The van der Waals surface area contributed by atoms with Gasteiger partial charge in [0.2, 0.25) is 0 Å². The van der Waals surface area contributed by atoms with E-state index in [9.17, 15) is 9.59 Å². The number of pyridine rings is 1. The average molecular weight is 379 g/mol. The number of hydrogen-bond acceptors (Lipinski definition) is 3. The van der Waals surface area contributed by atoms with Crippen molar-refractivity contribution in [1.82, 2.24) is 10.3 Å². The van der Waals surface area contributed by atoms with Gasteiger partial charge in [-0.2, -0.15) is 0 Å². The van der Waals surface area contributed by atoms with Crippen molar-refractivity contribution in [2.75, 3.05) is 6.54 Å². The zero-order valence-electron chi connectivity index (χ0n) is 12.7. The summed E-state index contributed by atoms with van der Waals surface area (Å²) < 4.78 is 0.906. The fraction of sp³-hybridized carbons (Fsp3) is 0.353. The van der Waals surface area contributed by atoms with Crippen LogP contribution >= 0.6 is 15.9 Å². The predicted molar refractivity (Wildman–Crippen MR) is 92.5 cm³/mol. The van der Waals surface area contributed by atoms with E-state index in [1.54, 1.807) is 18.5 Å². The molecular weight excluding hydrogens is 360 g/mol.